The van der Waals surface area contributed by atoms with Crippen molar-refractivity contribution in [3.63, 3.8) is 0 Å². The average Bonchev–Trinajstić information content (AvgIpc) is 3.27. The minimum atomic E-state index is 0.0849. The number of thiophene rings is 1. The number of thioether (sulfide) groups is 1. The molecule has 5 nitrogen and oxygen atoms in total. The van der Waals surface area contributed by atoms with Gasteiger partial charge in [0.05, 0.1) is 11.3 Å². The number of aryl methyl sites for hydroxylation is 1. The van der Waals surface area contributed by atoms with E-state index in [1.54, 1.807) is 30.0 Å². The van der Waals surface area contributed by atoms with Gasteiger partial charge >= 0.3 is 0 Å². The SMILES string of the molecule is Cc1noc(CSc2ccccc2C(=O)N2CCc3sccc3C2)n1. The first-order valence-corrected chi connectivity index (χ1v) is 9.93. The first-order valence-electron chi connectivity index (χ1n) is 8.06. The van der Waals surface area contributed by atoms with Crippen LogP contribution in [0.15, 0.2) is 45.1 Å². The predicted molar refractivity (Wildman–Crippen MR) is 97.8 cm³/mol. The largest absolute Gasteiger partial charge is 0.338 e. The van der Waals surface area contributed by atoms with Crippen molar-refractivity contribution in [3.05, 3.63) is 63.4 Å². The van der Waals surface area contributed by atoms with E-state index >= 15 is 0 Å². The van der Waals surface area contributed by atoms with Crippen molar-refractivity contribution in [2.24, 2.45) is 0 Å². The van der Waals surface area contributed by atoms with Gasteiger partial charge in [-0.15, -0.1) is 23.1 Å². The molecular weight excluding hydrogens is 354 g/mol. The zero-order valence-electron chi connectivity index (χ0n) is 13.8. The van der Waals surface area contributed by atoms with Crippen LogP contribution in [-0.4, -0.2) is 27.5 Å². The molecule has 0 saturated carbocycles. The zero-order valence-corrected chi connectivity index (χ0v) is 15.4. The molecule has 25 heavy (non-hydrogen) atoms. The lowest BCUT2D eigenvalue weighted by atomic mass is 10.1. The van der Waals surface area contributed by atoms with Crippen LogP contribution in [0.5, 0.6) is 0 Å². The van der Waals surface area contributed by atoms with Crippen LogP contribution in [0, 0.1) is 6.92 Å². The maximum atomic E-state index is 13.0. The van der Waals surface area contributed by atoms with Gasteiger partial charge in [-0.05, 0) is 42.5 Å². The number of carbonyl (C=O) groups is 1. The fourth-order valence-corrected chi connectivity index (χ4v) is 4.67. The monoisotopic (exact) mass is 371 g/mol. The quantitative estimate of drug-likeness (QED) is 0.650. The highest BCUT2D eigenvalue weighted by Crippen LogP contribution is 2.29. The van der Waals surface area contributed by atoms with E-state index in [2.05, 4.69) is 21.6 Å². The summed E-state index contributed by atoms with van der Waals surface area (Å²) in [6.45, 7) is 3.26. The molecule has 128 valence electrons. The van der Waals surface area contributed by atoms with Gasteiger partial charge in [-0.3, -0.25) is 4.79 Å². The fraction of sp³-hybridized carbons (Fsp3) is 0.278. The Labute approximate surface area is 154 Å². The number of amides is 1. The van der Waals surface area contributed by atoms with E-state index in [9.17, 15) is 4.79 Å². The van der Waals surface area contributed by atoms with Crippen molar-refractivity contribution in [1.82, 2.24) is 15.0 Å². The van der Waals surface area contributed by atoms with Crippen molar-refractivity contribution in [2.45, 2.75) is 30.5 Å². The zero-order chi connectivity index (χ0) is 17.2. The number of nitrogens with zero attached hydrogens (tertiary/aromatic N) is 3. The summed E-state index contributed by atoms with van der Waals surface area (Å²) in [4.78, 5) is 21.5. The molecule has 0 unspecified atom stereocenters. The predicted octanol–water partition coefficient (Wildman–Crippen LogP) is 3.93. The summed E-state index contributed by atoms with van der Waals surface area (Å²) in [5.41, 5.74) is 2.01. The minimum Gasteiger partial charge on any atom is -0.338 e. The molecule has 0 radical (unpaired) electrons. The van der Waals surface area contributed by atoms with E-state index in [4.69, 9.17) is 4.52 Å². The smallest absolute Gasteiger partial charge is 0.255 e. The molecule has 1 aliphatic heterocycles. The van der Waals surface area contributed by atoms with Crippen LogP contribution in [0.2, 0.25) is 0 Å². The molecule has 0 saturated heterocycles. The summed E-state index contributed by atoms with van der Waals surface area (Å²) in [6, 6.07) is 9.85. The Balaban J connectivity index is 1.51. The Morgan fingerprint density at radius 1 is 1.36 bits per heavy atom. The van der Waals surface area contributed by atoms with Gasteiger partial charge in [0, 0.05) is 22.9 Å². The highest BCUT2D eigenvalue weighted by molar-refractivity contribution is 7.98. The van der Waals surface area contributed by atoms with Gasteiger partial charge in [-0.2, -0.15) is 4.98 Å². The van der Waals surface area contributed by atoms with Crippen LogP contribution in [0.25, 0.3) is 0 Å². The maximum absolute atomic E-state index is 13.0. The number of rotatable bonds is 4. The Bertz CT molecular complexity index is 903. The maximum Gasteiger partial charge on any atom is 0.255 e. The summed E-state index contributed by atoms with van der Waals surface area (Å²) < 4.78 is 5.16. The number of benzene rings is 1. The lowest BCUT2D eigenvalue weighted by Crippen LogP contribution is -2.35. The molecule has 0 fully saturated rings. The molecule has 1 aliphatic rings. The van der Waals surface area contributed by atoms with Crippen LogP contribution in [-0.2, 0) is 18.7 Å². The van der Waals surface area contributed by atoms with Crippen molar-refractivity contribution < 1.29 is 9.32 Å². The first-order chi connectivity index (χ1) is 12.2. The van der Waals surface area contributed by atoms with Gasteiger partial charge in [-0.25, -0.2) is 0 Å². The topological polar surface area (TPSA) is 59.2 Å². The highest BCUT2D eigenvalue weighted by atomic mass is 32.2. The van der Waals surface area contributed by atoms with Crippen molar-refractivity contribution >= 4 is 29.0 Å². The second kappa shape index (κ2) is 7.01. The van der Waals surface area contributed by atoms with Gasteiger partial charge in [0.15, 0.2) is 5.82 Å². The first kappa shape index (κ1) is 16.4. The molecule has 0 bridgehead atoms. The third kappa shape index (κ3) is 3.48. The molecule has 0 aliphatic carbocycles. The third-order valence-electron chi connectivity index (χ3n) is 4.13. The van der Waals surface area contributed by atoms with Crippen LogP contribution < -0.4 is 0 Å². The Morgan fingerprint density at radius 3 is 3.08 bits per heavy atom. The van der Waals surface area contributed by atoms with Gasteiger partial charge in [0.1, 0.15) is 0 Å². The molecule has 7 heteroatoms. The standard InChI is InChI=1S/C18H17N3O2S2/c1-12-19-17(23-20-12)11-25-16-5-3-2-4-14(16)18(22)21-8-6-15-13(10-21)7-9-24-15/h2-5,7,9H,6,8,10-11H2,1H3. The molecule has 0 spiro atoms. The van der Waals surface area contributed by atoms with Gasteiger partial charge in [0.25, 0.3) is 5.91 Å². The molecule has 3 aromatic rings. The normalized spacial score (nSPS) is 13.7. The molecule has 3 heterocycles. The van der Waals surface area contributed by atoms with Crippen molar-refractivity contribution in [1.29, 1.82) is 0 Å². The van der Waals surface area contributed by atoms with Gasteiger partial charge < -0.3 is 9.42 Å². The molecule has 2 aromatic heterocycles. The second-order valence-electron chi connectivity index (χ2n) is 5.87. The molecule has 0 N–H and O–H groups in total. The number of carbonyl (C=O) groups excluding carboxylic acids is 1. The Hall–Kier alpha value is -2.12. The highest BCUT2D eigenvalue weighted by Gasteiger charge is 2.24. The molecule has 1 aromatic carbocycles. The summed E-state index contributed by atoms with van der Waals surface area (Å²) in [5.74, 6) is 1.84. The van der Waals surface area contributed by atoms with E-state index in [1.807, 2.05) is 29.2 Å². The van der Waals surface area contributed by atoms with Gasteiger partial charge in [0.2, 0.25) is 5.89 Å². The summed E-state index contributed by atoms with van der Waals surface area (Å²) in [7, 11) is 0. The van der Waals surface area contributed by atoms with Crippen LogP contribution >= 0.6 is 23.1 Å². The molecule has 1 amide bonds. The Kier molecular flexibility index (Phi) is 4.59. The van der Waals surface area contributed by atoms with Crippen LogP contribution in [0.1, 0.15) is 32.5 Å². The van der Waals surface area contributed by atoms with E-state index in [1.165, 1.54) is 10.4 Å². The van der Waals surface area contributed by atoms with Gasteiger partial charge in [-0.1, -0.05) is 17.3 Å². The van der Waals surface area contributed by atoms with Crippen molar-refractivity contribution in [3.8, 4) is 0 Å². The van der Waals surface area contributed by atoms with Crippen molar-refractivity contribution in [2.75, 3.05) is 6.54 Å². The third-order valence-corrected chi connectivity index (χ3v) is 6.21. The van der Waals surface area contributed by atoms with E-state index in [0.29, 0.717) is 24.0 Å². The van der Waals surface area contributed by atoms with E-state index < -0.39 is 0 Å². The lowest BCUT2D eigenvalue weighted by Gasteiger charge is -2.27. The summed E-state index contributed by atoms with van der Waals surface area (Å²) in [6.07, 6.45) is 0.940. The molecule has 0 atom stereocenters. The lowest BCUT2D eigenvalue weighted by molar-refractivity contribution is 0.0732. The average molecular weight is 371 g/mol. The number of hydrogen-bond donors (Lipinski definition) is 0. The van der Waals surface area contributed by atoms with E-state index in [0.717, 1.165) is 23.4 Å². The van der Waals surface area contributed by atoms with Crippen LogP contribution in [0.3, 0.4) is 0 Å². The Morgan fingerprint density at radius 2 is 2.24 bits per heavy atom. The molecule has 4 rings (SSSR count). The number of fused-ring (bicyclic) bond motifs is 1. The second-order valence-corrected chi connectivity index (χ2v) is 7.88. The fourth-order valence-electron chi connectivity index (χ4n) is 2.90. The number of aromatic nitrogens is 2. The summed E-state index contributed by atoms with van der Waals surface area (Å²) >= 11 is 3.33. The molecular formula is C18H17N3O2S2. The number of hydrogen-bond acceptors (Lipinski definition) is 6. The minimum absolute atomic E-state index is 0.0849. The summed E-state index contributed by atoms with van der Waals surface area (Å²) in [5, 5.41) is 5.91. The van der Waals surface area contributed by atoms with Crippen LogP contribution in [0.4, 0.5) is 0 Å². The van der Waals surface area contributed by atoms with E-state index in [-0.39, 0.29) is 5.91 Å².